The number of amides is 3. The maximum Gasteiger partial charge on any atom is 0.272 e. The van der Waals surface area contributed by atoms with Gasteiger partial charge in [-0.15, -0.1) is 0 Å². The lowest BCUT2D eigenvalue weighted by Crippen LogP contribution is -2.31. The Hall–Kier alpha value is -4.24. The highest BCUT2D eigenvalue weighted by molar-refractivity contribution is 8.04. The minimum absolute atomic E-state index is 0.112. The number of nitrogens with zero attached hydrogens (tertiary/aromatic N) is 2. The van der Waals surface area contributed by atoms with E-state index in [1.54, 1.807) is 24.3 Å². The molecule has 0 bridgehead atoms. The fourth-order valence-corrected chi connectivity index (χ4v) is 4.36. The Morgan fingerprint density at radius 2 is 1.55 bits per heavy atom. The molecule has 0 spiro atoms. The predicted octanol–water partition coefficient (Wildman–Crippen LogP) is 4.63. The van der Waals surface area contributed by atoms with E-state index in [0.29, 0.717) is 16.9 Å². The van der Waals surface area contributed by atoms with E-state index in [1.807, 2.05) is 30.3 Å². The van der Waals surface area contributed by atoms with Crippen LogP contribution in [0.5, 0.6) is 0 Å². The molecule has 164 valence electrons. The maximum absolute atomic E-state index is 13.4. The fraction of sp³-hybridized carbons (Fsp3) is 0.0417. The first-order chi connectivity index (χ1) is 15.8. The van der Waals surface area contributed by atoms with Crippen LogP contribution in [0.1, 0.15) is 12.5 Å². The van der Waals surface area contributed by atoms with Crippen molar-refractivity contribution in [3.63, 3.8) is 0 Å². The molecule has 3 aromatic rings. The minimum Gasteiger partial charge on any atom is -0.326 e. The summed E-state index contributed by atoms with van der Waals surface area (Å²) in [4.78, 5) is 50.6. The van der Waals surface area contributed by atoms with E-state index in [0.717, 1.165) is 21.6 Å². The first-order valence-electron chi connectivity index (χ1n) is 9.83. The molecule has 8 nitrogen and oxygen atoms in total. The fourth-order valence-electron chi connectivity index (χ4n) is 3.35. The quantitative estimate of drug-likeness (QED) is 0.327. The maximum atomic E-state index is 13.4. The number of nitro benzene ring substituents is 1. The van der Waals surface area contributed by atoms with Crippen LogP contribution < -0.4 is 10.2 Å². The van der Waals surface area contributed by atoms with Crippen LogP contribution in [-0.4, -0.2) is 22.6 Å². The van der Waals surface area contributed by atoms with E-state index in [4.69, 9.17) is 0 Å². The molecular weight excluding hydrogens is 442 g/mol. The lowest BCUT2D eigenvalue weighted by molar-refractivity contribution is -0.384. The van der Waals surface area contributed by atoms with Gasteiger partial charge >= 0.3 is 0 Å². The number of nitro groups is 1. The lowest BCUT2D eigenvalue weighted by atomic mass is 10.1. The van der Waals surface area contributed by atoms with Crippen molar-refractivity contribution in [3.8, 4) is 0 Å². The first-order valence-corrected chi connectivity index (χ1v) is 10.7. The summed E-state index contributed by atoms with van der Waals surface area (Å²) in [6, 6.07) is 21.0. The van der Waals surface area contributed by atoms with E-state index in [1.165, 1.54) is 31.2 Å². The van der Waals surface area contributed by atoms with Crippen molar-refractivity contribution in [2.45, 2.75) is 11.8 Å². The number of imide groups is 1. The number of nitrogens with one attached hydrogen (secondary N) is 1. The Morgan fingerprint density at radius 1 is 0.909 bits per heavy atom. The van der Waals surface area contributed by atoms with Crippen molar-refractivity contribution in [1.82, 2.24) is 0 Å². The summed E-state index contributed by atoms with van der Waals surface area (Å²) in [5.74, 6) is -1.26. The Balaban J connectivity index is 1.75. The van der Waals surface area contributed by atoms with Crippen molar-refractivity contribution in [1.29, 1.82) is 0 Å². The van der Waals surface area contributed by atoms with Crippen LogP contribution in [0.4, 0.5) is 17.1 Å². The van der Waals surface area contributed by atoms with E-state index in [2.05, 4.69) is 5.32 Å². The normalized spacial score (nSPS) is 13.4. The number of anilines is 2. The molecule has 1 heterocycles. The summed E-state index contributed by atoms with van der Waals surface area (Å²) >= 11 is 1.16. The van der Waals surface area contributed by atoms with Gasteiger partial charge in [-0.05, 0) is 54.1 Å². The Morgan fingerprint density at radius 3 is 2.12 bits per heavy atom. The average Bonchev–Trinajstić information content (AvgIpc) is 3.04. The van der Waals surface area contributed by atoms with Crippen LogP contribution in [0.15, 0.2) is 88.7 Å². The highest BCUT2D eigenvalue weighted by Crippen LogP contribution is 2.41. The molecule has 4 rings (SSSR count). The van der Waals surface area contributed by atoms with Gasteiger partial charge in [0.05, 0.1) is 21.1 Å². The van der Waals surface area contributed by atoms with Crippen molar-refractivity contribution in [2.75, 3.05) is 10.2 Å². The summed E-state index contributed by atoms with van der Waals surface area (Å²) in [6.07, 6.45) is 0. The predicted molar refractivity (Wildman–Crippen MR) is 126 cm³/mol. The van der Waals surface area contributed by atoms with E-state index >= 15 is 0 Å². The van der Waals surface area contributed by atoms with E-state index < -0.39 is 16.7 Å². The van der Waals surface area contributed by atoms with Gasteiger partial charge in [-0.3, -0.25) is 24.5 Å². The number of non-ortho nitro benzene ring substituents is 1. The third kappa shape index (κ3) is 4.53. The van der Waals surface area contributed by atoms with Crippen molar-refractivity contribution < 1.29 is 19.3 Å². The number of hydrogen-bond donors (Lipinski definition) is 1. The molecule has 0 atom stereocenters. The van der Waals surface area contributed by atoms with Gasteiger partial charge in [0, 0.05) is 29.6 Å². The second-order valence-corrected chi connectivity index (χ2v) is 8.18. The van der Waals surface area contributed by atoms with E-state index in [-0.39, 0.29) is 22.1 Å². The zero-order valence-electron chi connectivity index (χ0n) is 17.3. The second-order valence-electron chi connectivity index (χ2n) is 7.10. The molecule has 0 saturated heterocycles. The SMILES string of the molecule is CC(=O)Nc1ccc(N2C(=O)C(Sc3ccccc3)=C(c3ccc([N+](=O)[O-])cc3)C2=O)cc1. The Labute approximate surface area is 193 Å². The molecule has 0 radical (unpaired) electrons. The summed E-state index contributed by atoms with van der Waals surface area (Å²) in [5, 5.41) is 13.7. The number of rotatable bonds is 6. The standard InChI is InChI=1S/C24H17N3O5S/c1-15(28)25-17-9-13-18(14-10-17)26-23(29)21(16-7-11-19(12-8-16)27(31)32)22(24(26)30)33-20-5-3-2-4-6-20/h2-14H,1H3,(H,25,28). The first kappa shape index (κ1) is 22.0. The summed E-state index contributed by atoms with van der Waals surface area (Å²) in [5.41, 5.74) is 1.36. The number of hydrogen-bond acceptors (Lipinski definition) is 6. The van der Waals surface area contributed by atoms with Gasteiger partial charge in [-0.2, -0.15) is 0 Å². The highest BCUT2D eigenvalue weighted by atomic mass is 32.2. The zero-order valence-corrected chi connectivity index (χ0v) is 18.2. The van der Waals surface area contributed by atoms with Crippen LogP contribution in [0.25, 0.3) is 5.57 Å². The summed E-state index contributed by atoms with van der Waals surface area (Å²) in [7, 11) is 0. The second kappa shape index (κ2) is 9.09. The number of thioether (sulfide) groups is 1. The molecule has 33 heavy (non-hydrogen) atoms. The van der Waals surface area contributed by atoms with Crippen LogP contribution in [-0.2, 0) is 14.4 Å². The topological polar surface area (TPSA) is 110 Å². The molecule has 1 N–H and O–H groups in total. The van der Waals surface area contributed by atoms with Gasteiger partial charge in [-0.1, -0.05) is 30.0 Å². The molecule has 0 aromatic heterocycles. The largest absolute Gasteiger partial charge is 0.326 e. The van der Waals surface area contributed by atoms with Gasteiger partial charge < -0.3 is 5.32 Å². The zero-order chi connectivity index (χ0) is 23.5. The Bertz CT molecular complexity index is 1290. The summed E-state index contributed by atoms with van der Waals surface area (Å²) < 4.78 is 0. The lowest BCUT2D eigenvalue weighted by Gasteiger charge is -2.16. The van der Waals surface area contributed by atoms with Crippen LogP contribution >= 0.6 is 11.8 Å². The average molecular weight is 459 g/mol. The minimum atomic E-state index is -0.528. The Kier molecular flexibility index (Phi) is 6.05. The molecule has 0 fully saturated rings. The van der Waals surface area contributed by atoms with Crippen molar-refractivity contribution >= 4 is 52.1 Å². The molecule has 9 heteroatoms. The monoisotopic (exact) mass is 459 g/mol. The molecule has 3 aromatic carbocycles. The molecule has 3 amide bonds. The number of carbonyl (C=O) groups is 3. The molecule has 0 aliphatic carbocycles. The third-order valence-electron chi connectivity index (χ3n) is 4.82. The third-order valence-corrected chi connectivity index (χ3v) is 5.91. The number of benzene rings is 3. The van der Waals surface area contributed by atoms with Gasteiger partial charge in [0.2, 0.25) is 5.91 Å². The van der Waals surface area contributed by atoms with Crippen molar-refractivity contribution in [2.24, 2.45) is 0 Å². The van der Waals surface area contributed by atoms with Crippen molar-refractivity contribution in [3.05, 3.63) is 99.4 Å². The number of carbonyl (C=O) groups excluding carboxylic acids is 3. The van der Waals surface area contributed by atoms with Gasteiger partial charge in [-0.25, -0.2) is 4.90 Å². The molecule has 0 saturated carbocycles. The van der Waals surface area contributed by atoms with Gasteiger partial charge in [0.25, 0.3) is 17.5 Å². The molecule has 1 aliphatic rings. The molecule has 1 aliphatic heterocycles. The van der Waals surface area contributed by atoms with E-state index in [9.17, 15) is 24.5 Å². The highest BCUT2D eigenvalue weighted by Gasteiger charge is 2.40. The summed E-state index contributed by atoms with van der Waals surface area (Å²) in [6.45, 7) is 1.38. The van der Waals surface area contributed by atoms with Crippen LogP contribution in [0, 0.1) is 10.1 Å². The van der Waals surface area contributed by atoms with Gasteiger partial charge in [0.15, 0.2) is 0 Å². The van der Waals surface area contributed by atoms with Crippen LogP contribution in [0.3, 0.4) is 0 Å². The molecular formula is C24H17N3O5S. The molecule has 0 unspecified atom stereocenters. The smallest absolute Gasteiger partial charge is 0.272 e. The van der Waals surface area contributed by atoms with Gasteiger partial charge in [0.1, 0.15) is 0 Å². The van der Waals surface area contributed by atoms with Crippen LogP contribution in [0.2, 0.25) is 0 Å².